The number of rotatable bonds is 4. The molecule has 7 heteroatoms. The van der Waals surface area contributed by atoms with E-state index in [0.29, 0.717) is 17.2 Å². The van der Waals surface area contributed by atoms with Crippen LogP contribution in [-0.4, -0.2) is 15.2 Å². The van der Waals surface area contributed by atoms with E-state index in [4.69, 9.17) is 4.98 Å². The molecule has 5 rings (SSSR count). The zero-order valence-electron chi connectivity index (χ0n) is 17.4. The minimum absolute atomic E-state index is 0.0904. The fraction of sp³-hybridized carbons (Fsp3) is 0.280. The number of aromatic amines is 1. The summed E-state index contributed by atoms with van der Waals surface area (Å²) in [6, 6.07) is 17.0. The molecule has 1 aliphatic carbocycles. The second kappa shape index (κ2) is 8.30. The van der Waals surface area contributed by atoms with Gasteiger partial charge in [-0.1, -0.05) is 49.6 Å². The average Bonchev–Trinajstić information content (AvgIpc) is 3.22. The van der Waals surface area contributed by atoms with Crippen molar-refractivity contribution in [3.63, 3.8) is 0 Å². The highest BCUT2D eigenvalue weighted by Gasteiger charge is 2.34. The van der Waals surface area contributed by atoms with E-state index in [1.54, 1.807) is 12.1 Å². The van der Waals surface area contributed by atoms with Gasteiger partial charge in [-0.3, -0.25) is 10.1 Å². The number of aromatic nitrogens is 3. The van der Waals surface area contributed by atoms with E-state index in [2.05, 4.69) is 15.5 Å². The first-order chi connectivity index (χ1) is 15.5. The van der Waals surface area contributed by atoms with E-state index in [1.807, 2.05) is 30.3 Å². The van der Waals surface area contributed by atoms with Crippen molar-refractivity contribution in [2.75, 3.05) is 5.32 Å². The van der Waals surface area contributed by atoms with Crippen LogP contribution in [0, 0.1) is 0 Å². The second-order valence-corrected chi connectivity index (χ2v) is 8.29. The maximum absolute atomic E-state index is 13.7. The van der Waals surface area contributed by atoms with Crippen LogP contribution in [0.1, 0.15) is 49.3 Å². The molecule has 4 aromatic rings. The summed E-state index contributed by atoms with van der Waals surface area (Å²) >= 11 is 0. The molecule has 1 fully saturated rings. The Bertz CT molecular complexity index is 1240. The molecule has 0 unspecified atom stereocenters. The third-order valence-corrected chi connectivity index (χ3v) is 6.11. The SMILES string of the molecule is FC(F)(F)c1ccccc1-c1cc(Nc2n[nH]c3ccccc23)cc(C2CCCCC2)n1. The van der Waals surface area contributed by atoms with Crippen LogP contribution in [0.25, 0.3) is 22.2 Å². The smallest absolute Gasteiger partial charge is 0.338 e. The Morgan fingerprint density at radius 3 is 2.47 bits per heavy atom. The third-order valence-electron chi connectivity index (χ3n) is 6.11. The fourth-order valence-electron chi connectivity index (χ4n) is 4.52. The van der Waals surface area contributed by atoms with Gasteiger partial charge in [0.05, 0.1) is 16.8 Å². The minimum Gasteiger partial charge on any atom is -0.338 e. The van der Waals surface area contributed by atoms with Gasteiger partial charge in [-0.05, 0) is 43.2 Å². The summed E-state index contributed by atoms with van der Waals surface area (Å²) in [6.45, 7) is 0. The summed E-state index contributed by atoms with van der Waals surface area (Å²) in [5.41, 5.74) is 2.14. The number of fused-ring (bicyclic) bond motifs is 1. The van der Waals surface area contributed by atoms with Gasteiger partial charge in [0.25, 0.3) is 0 Å². The lowest BCUT2D eigenvalue weighted by molar-refractivity contribution is -0.137. The number of halogens is 3. The standard InChI is InChI=1S/C25H23F3N4/c26-25(27,28)20-12-6-4-10-18(20)23-15-17(14-22(30-23)16-8-2-1-3-9-16)29-24-19-11-5-7-13-21(19)31-32-24/h4-7,10-16H,1-3,8-9H2,(H2,29,30,31,32). The number of alkyl halides is 3. The van der Waals surface area contributed by atoms with Gasteiger partial charge in [0.1, 0.15) is 0 Å². The highest BCUT2D eigenvalue weighted by molar-refractivity contribution is 5.91. The molecule has 4 nitrogen and oxygen atoms in total. The third kappa shape index (κ3) is 4.07. The zero-order chi connectivity index (χ0) is 22.1. The quantitative estimate of drug-likeness (QED) is 0.350. The number of para-hydroxylation sites is 1. The molecule has 1 aliphatic rings. The molecular formula is C25H23F3N4. The first-order valence-electron chi connectivity index (χ1n) is 10.9. The molecule has 0 atom stereocenters. The van der Waals surface area contributed by atoms with Crippen molar-refractivity contribution >= 4 is 22.4 Å². The molecule has 0 saturated heterocycles. The lowest BCUT2D eigenvalue weighted by Gasteiger charge is -2.23. The predicted molar refractivity (Wildman–Crippen MR) is 120 cm³/mol. The average molecular weight is 436 g/mol. The lowest BCUT2D eigenvalue weighted by atomic mass is 9.86. The number of hydrogen-bond acceptors (Lipinski definition) is 3. The molecule has 2 aromatic carbocycles. The highest BCUT2D eigenvalue weighted by atomic mass is 19.4. The fourth-order valence-corrected chi connectivity index (χ4v) is 4.52. The Morgan fingerprint density at radius 2 is 1.66 bits per heavy atom. The minimum atomic E-state index is -4.45. The molecule has 2 N–H and O–H groups in total. The van der Waals surface area contributed by atoms with E-state index in [-0.39, 0.29) is 11.5 Å². The van der Waals surface area contributed by atoms with Crippen molar-refractivity contribution in [3.05, 3.63) is 71.9 Å². The Labute approximate surface area is 183 Å². The number of anilines is 2. The zero-order valence-corrected chi connectivity index (χ0v) is 17.4. The van der Waals surface area contributed by atoms with Gasteiger partial charge in [-0.15, -0.1) is 0 Å². The van der Waals surface area contributed by atoms with Crippen LogP contribution in [-0.2, 0) is 6.18 Å². The van der Waals surface area contributed by atoms with Crippen LogP contribution in [0.5, 0.6) is 0 Å². The Kier molecular flexibility index (Phi) is 5.33. The van der Waals surface area contributed by atoms with Crippen molar-refractivity contribution in [1.82, 2.24) is 15.2 Å². The van der Waals surface area contributed by atoms with Crippen LogP contribution in [0.4, 0.5) is 24.7 Å². The molecule has 0 spiro atoms. The van der Waals surface area contributed by atoms with Crippen molar-refractivity contribution in [1.29, 1.82) is 0 Å². The van der Waals surface area contributed by atoms with Gasteiger partial charge in [0.15, 0.2) is 5.82 Å². The molecule has 0 radical (unpaired) electrons. The van der Waals surface area contributed by atoms with E-state index in [1.165, 1.54) is 18.6 Å². The van der Waals surface area contributed by atoms with Gasteiger partial charge in [-0.2, -0.15) is 18.3 Å². The normalized spacial score (nSPS) is 15.2. The Hall–Kier alpha value is -3.35. The maximum atomic E-state index is 13.7. The molecule has 2 heterocycles. The highest BCUT2D eigenvalue weighted by Crippen LogP contribution is 2.39. The summed E-state index contributed by atoms with van der Waals surface area (Å²) in [7, 11) is 0. The van der Waals surface area contributed by atoms with Crippen molar-refractivity contribution < 1.29 is 13.2 Å². The Morgan fingerprint density at radius 1 is 0.906 bits per heavy atom. The van der Waals surface area contributed by atoms with Crippen molar-refractivity contribution in [2.45, 2.75) is 44.2 Å². The van der Waals surface area contributed by atoms with Crippen LogP contribution in [0.2, 0.25) is 0 Å². The summed E-state index contributed by atoms with van der Waals surface area (Å²) < 4.78 is 41.1. The number of pyridine rings is 1. The molecule has 1 saturated carbocycles. The van der Waals surface area contributed by atoms with Gasteiger partial charge in [-0.25, -0.2) is 0 Å². The van der Waals surface area contributed by atoms with E-state index in [0.717, 1.165) is 48.3 Å². The molecular weight excluding hydrogens is 413 g/mol. The van der Waals surface area contributed by atoms with Crippen LogP contribution >= 0.6 is 0 Å². The monoisotopic (exact) mass is 436 g/mol. The van der Waals surface area contributed by atoms with Gasteiger partial charge in [0, 0.05) is 28.2 Å². The van der Waals surface area contributed by atoms with Gasteiger partial charge < -0.3 is 5.32 Å². The van der Waals surface area contributed by atoms with Crippen LogP contribution in [0.15, 0.2) is 60.7 Å². The number of H-pyrrole nitrogens is 1. The maximum Gasteiger partial charge on any atom is 0.417 e. The van der Waals surface area contributed by atoms with E-state index in [9.17, 15) is 13.2 Å². The van der Waals surface area contributed by atoms with Gasteiger partial charge >= 0.3 is 6.18 Å². The van der Waals surface area contributed by atoms with Crippen LogP contribution < -0.4 is 5.32 Å². The molecule has 164 valence electrons. The summed E-state index contributed by atoms with van der Waals surface area (Å²) in [5.74, 6) is 0.884. The molecule has 0 bridgehead atoms. The number of benzene rings is 2. The second-order valence-electron chi connectivity index (χ2n) is 8.29. The summed E-state index contributed by atoms with van der Waals surface area (Å²) in [4.78, 5) is 4.72. The van der Waals surface area contributed by atoms with Crippen LogP contribution in [0.3, 0.4) is 0 Å². The largest absolute Gasteiger partial charge is 0.417 e. The first-order valence-corrected chi connectivity index (χ1v) is 10.9. The molecule has 2 aromatic heterocycles. The lowest BCUT2D eigenvalue weighted by Crippen LogP contribution is -2.10. The van der Waals surface area contributed by atoms with Crippen molar-refractivity contribution in [2.24, 2.45) is 0 Å². The number of nitrogens with one attached hydrogen (secondary N) is 2. The summed E-state index contributed by atoms with van der Waals surface area (Å²) in [6.07, 6.45) is 0.970. The van der Waals surface area contributed by atoms with E-state index >= 15 is 0 Å². The number of hydrogen-bond donors (Lipinski definition) is 2. The molecule has 0 aliphatic heterocycles. The Balaban J connectivity index is 1.61. The summed E-state index contributed by atoms with van der Waals surface area (Å²) in [5, 5.41) is 11.6. The topological polar surface area (TPSA) is 53.6 Å². The van der Waals surface area contributed by atoms with E-state index < -0.39 is 11.7 Å². The van der Waals surface area contributed by atoms with Crippen molar-refractivity contribution in [3.8, 4) is 11.3 Å². The molecule has 32 heavy (non-hydrogen) atoms. The first kappa shape index (κ1) is 20.5. The number of nitrogens with zero attached hydrogens (tertiary/aromatic N) is 2. The van der Waals surface area contributed by atoms with Gasteiger partial charge in [0.2, 0.25) is 0 Å². The predicted octanol–water partition coefficient (Wildman–Crippen LogP) is 7.44. The molecule has 0 amide bonds.